The number of halogens is 2. The minimum Gasteiger partial charge on any atom is -0.496 e. The first-order chi connectivity index (χ1) is 7.88. The zero-order valence-electron chi connectivity index (χ0n) is 9.46. The normalized spacial score (nSPS) is 12.3. The number of rotatable bonds is 4. The highest BCUT2D eigenvalue weighted by atomic mass is 35.5. The molecule has 0 aliphatic rings. The first-order valence-electron chi connectivity index (χ1n) is 4.88. The van der Waals surface area contributed by atoms with Crippen LogP contribution in [0.5, 0.6) is 5.75 Å². The summed E-state index contributed by atoms with van der Waals surface area (Å²) in [5.41, 5.74) is 6.10. The lowest BCUT2D eigenvalue weighted by atomic mass is 10.0. The largest absolute Gasteiger partial charge is 0.496 e. The number of carbonyl (C=O) groups is 1. The van der Waals surface area contributed by atoms with E-state index in [0.717, 1.165) is 0 Å². The van der Waals surface area contributed by atoms with Crippen molar-refractivity contribution in [3.63, 3.8) is 0 Å². The van der Waals surface area contributed by atoms with Crippen LogP contribution in [0.25, 0.3) is 0 Å². The van der Waals surface area contributed by atoms with Gasteiger partial charge in [0.2, 0.25) is 0 Å². The number of ether oxygens (including phenoxy) is 1. The van der Waals surface area contributed by atoms with Gasteiger partial charge in [0.15, 0.2) is 0 Å². The van der Waals surface area contributed by atoms with Gasteiger partial charge in [-0.15, -0.1) is 0 Å². The maximum atomic E-state index is 13.8. The number of aryl methyl sites for hydroxylation is 1. The van der Waals surface area contributed by atoms with Gasteiger partial charge in [0.05, 0.1) is 12.1 Å². The minimum absolute atomic E-state index is 0.0733. The number of benzene rings is 1. The molecular weight excluding hydrogens is 249 g/mol. The van der Waals surface area contributed by atoms with E-state index in [2.05, 4.69) is 0 Å². The van der Waals surface area contributed by atoms with E-state index in [9.17, 15) is 9.18 Å². The van der Waals surface area contributed by atoms with Crippen molar-refractivity contribution < 1.29 is 19.0 Å². The summed E-state index contributed by atoms with van der Waals surface area (Å²) in [6.45, 7) is 1.69. The van der Waals surface area contributed by atoms with Crippen LogP contribution in [0.15, 0.2) is 6.07 Å². The zero-order chi connectivity index (χ0) is 13.2. The van der Waals surface area contributed by atoms with Crippen LogP contribution in [0, 0.1) is 12.7 Å². The number of hydrogen-bond donors (Lipinski definition) is 2. The van der Waals surface area contributed by atoms with Crippen molar-refractivity contribution in [3.8, 4) is 5.75 Å². The van der Waals surface area contributed by atoms with Crippen LogP contribution in [0.3, 0.4) is 0 Å². The van der Waals surface area contributed by atoms with Gasteiger partial charge in [0.25, 0.3) is 0 Å². The highest BCUT2D eigenvalue weighted by molar-refractivity contribution is 6.31. The van der Waals surface area contributed by atoms with Gasteiger partial charge in [0, 0.05) is 12.0 Å². The first-order valence-corrected chi connectivity index (χ1v) is 5.26. The van der Waals surface area contributed by atoms with Gasteiger partial charge in [-0.25, -0.2) is 4.39 Å². The second-order valence-corrected chi connectivity index (χ2v) is 4.06. The molecule has 0 aliphatic carbocycles. The van der Waals surface area contributed by atoms with Crippen LogP contribution in [0.2, 0.25) is 5.02 Å². The van der Waals surface area contributed by atoms with Gasteiger partial charge >= 0.3 is 5.97 Å². The van der Waals surface area contributed by atoms with Gasteiger partial charge in [-0.2, -0.15) is 0 Å². The van der Waals surface area contributed by atoms with E-state index in [0.29, 0.717) is 5.56 Å². The Labute approximate surface area is 103 Å². The van der Waals surface area contributed by atoms with Gasteiger partial charge in [0.1, 0.15) is 17.6 Å². The van der Waals surface area contributed by atoms with Crippen molar-refractivity contribution in [2.45, 2.75) is 19.4 Å². The molecule has 4 nitrogen and oxygen atoms in total. The highest BCUT2D eigenvalue weighted by Gasteiger charge is 2.21. The predicted molar refractivity (Wildman–Crippen MR) is 62.0 cm³/mol. The second-order valence-electron chi connectivity index (χ2n) is 3.65. The molecule has 1 atom stereocenters. The fraction of sp³-hybridized carbons (Fsp3) is 0.364. The molecule has 1 aromatic carbocycles. The smallest absolute Gasteiger partial charge is 0.320 e. The van der Waals surface area contributed by atoms with Crippen LogP contribution in [0.4, 0.5) is 4.39 Å². The van der Waals surface area contributed by atoms with E-state index < -0.39 is 17.8 Å². The van der Waals surface area contributed by atoms with E-state index in [1.54, 1.807) is 6.92 Å². The Bertz CT molecular complexity index is 451. The topological polar surface area (TPSA) is 72.5 Å². The summed E-state index contributed by atoms with van der Waals surface area (Å²) in [5.74, 6) is -1.61. The standard InChI is InChI=1S/C11H13ClFNO3/c1-5-3-7(12)9(13)6(10(5)17-2)4-8(14)11(15)16/h3,8H,4,14H2,1-2H3,(H,15,16). The van der Waals surface area contributed by atoms with Gasteiger partial charge in [-0.1, -0.05) is 11.6 Å². The lowest BCUT2D eigenvalue weighted by molar-refractivity contribution is -0.138. The Hall–Kier alpha value is -1.33. The highest BCUT2D eigenvalue weighted by Crippen LogP contribution is 2.32. The third-order valence-corrected chi connectivity index (χ3v) is 2.67. The average Bonchev–Trinajstić information content (AvgIpc) is 2.25. The van der Waals surface area contributed by atoms with Crippen LogP contribution in [-0.2, 0) is 11.2 Å². The fourth-order valence-corrected chi connectivity index (χ4v) is 1.85. The molecule has 1 aromatic rings. The Kier molecular flexibility index (Phi) is 4.31. The van der Waals surface area contributed by atoms with E-state index in [4.69, 9.17) is 27.2 Å². The fourth-order valence-electron chi connectivity index (χ4n) is 1.57. The third kappa shape index (κ3) is 2.87. The molecular formula is C11H13ClFNO3. The quantitative estimate of drug-likeness (QED) is 0.866. The summed E-state index contributed by atoms with van der Waals surface area (Å²) < 4.78 is 18.8. The van der Waals surface area contributed by atoms with Crippen molar-refractivity contribution >= 4 is 17.6 Å². The summed E-state index contributed by atoms with van der Waals surface area (Å²) in [7, 11) is 1.38. The van der Waals surface area contributed by atoms with Crippen LogP contribution in [-0.4, -0.2) is 24.2 Å². The Morgan fingerprint density at radius 2 is 2.29 bits per heavy atom. The average molecular weight is 262 g/mol. The molecule has 0 bridgehead atoms. The molecule has 0 spiro atoms. The lowest BCUT2D eigenvalue weighted by Gasteiger charge is -2.15. The summed E-state index contributed by atoms with van der Waals surface area (Å²) in [6, 6.07) is 0.224. The Morgan fingerprint density at radius 3 is 2.76 bits per heavy atom. The summed E-state index contributed by atoms with van der Waals surface area (Å²) >= 11 is 5.69. The Morgan fingerprint density at radius 1 is 1.71 bits per heavy atom. The van der Waals surface area contributed by atoms with Crippen LogP contribution in [0.1, 0.15) is 11.1 Å². The molecule has 0 saturated heterocycles. The predicted octanol–water partition coefficient (Wildman–Crippen LogP) is 1.75. The SMILES string of the molecule is COc1c(C)cc(Cl)c(F)c1CC(N)C(=O)O. The summed E-state index contributed by atoms with van der Waals surface area (Å²) in [4.78, 5) is 10.7. The molecule has 0 amide bonds. The lowest BCUT2D eigenvalue weighted by Crippen LogP contribution is -2.32. The van der Waals surface area contributed by atoms with Gasteiger partial charge < -0.3 is 15.6 Å². The summed E-state index contributed by atoms with van der Waals surface area (Å²) in [5, 5.41) is 8.64. The van der Waals surface area contributed by atoms with Crippen molar-refractivity contribution in [2.24, 2.45) is 5.73 Å². The van der Waals surface area contributed by atoms with E-state index in [1.807, 2.05) is 0 Å². The second kappa shape index (κ2) is 5.33. The number of aliphatic carboxylic acids is 1. The van der Waals surface area contributed by atoms with E-state index in [-0.39, 0.29) is 22.8 Å². The maximum absolute atomic E-state index is 13.8. The van der Waals surface area contributed by atoms with Crippen molar-refractivity contribution in [2.75, 3.05) is 7.11 Å². The number of hydrogen-bond acceptors (Lipinski definition) is 3. The molecule has 1 unspecified atom stereocenters. The number of methoxy groups -OCH3 is 1. The molecule has 3 N–H and O–H groups in total. The van der Waals surface area contributed by atoms with Crippen molar-refractivity contribution in [3.05, 3.63) is 28.0 Å². The molecule has 0 radical (unpaired) electrons. The monoisotopic (exact) mass is 261 g/mol. The Balaban J connectivity index is 3.25. The van der Waals surface area contributed by atoms with E-state index >= 15 is 0 Å². The minimum atomic E-state index is -1.20. The number of carboxylic acid groups (broad SMARTS) is 1. The van der Waals surface area contributed by atoms with Crippen LogP contribution >= 0.6 is 11.6 Å². The van der Waals surface area contributed by atoms with E-state index in [1.165, 1.54) is 13.2 Å². The molecule has 6 heteroatoms. The number of carboxylic acids is 1. The van der Waals surface area contributed by atoms with Gasteiger partial charge in [-0.3, -0.25) is 4.79 Å². The molecule has 0 aliphatic heterocycles. The van der Waals surface area contributed by atoms with Crippen molar-refractivity contribution in [1.82, 2.24) is 0 Å². The van der Waals surface area contributed by atoms with Crippen LogP contribution < -0.4 is 10.5 Å². The molecule has 0 heterocycles. The molecule has 1 rings (SSSR count). The zero-order valence-corrected chi connectivity index (χ0v) is 10.2. The third-order valence-electron chi connectivity index (χ3n) is 2.40. The first kappa shape index (κ1) is 13.7. The van der Waals surface area contributed by atoms with Crippen molar-refractivity contribution in [1.29, 1.82) is 0 Å². The van der Waals surface area contributed by atoms with Gasteiger partial charge in [-0.05, 0) is 18.6 Å². The molecule has 94 valence electrons. The maximum Gasteiger partial charge on any atom is 0.320 e. The number of nitrogens with two attached hydrogens (primary N) is 1. The summed E-state index contributed by atoms with van der Waals surface area (Å²) in [6.07, 6.45) is -0.175. The molecule has 0 saturated carbocycles. The molecule has 0 fully saturated rings. The molecule has 0 aromatic heterocycles. The molecule has 17 heavy (non-hydrogen) atoms.